The van der Waals surface area contributed by atoms with E-state index >= 15 is 0 Å². The van der Waals surface area contributed by atoms with Crippen LogP contribution in [0, 0.1) is 11.3 Å². The molecule has 0 N–H and O–H groups in total. The van der Waals surface area contributed by atoms with Crippen molar-refractivity contribution >= 4 is 5.71 Å². The largest absolute Gasteiger partial charge is 0.480 e. The molecule has 0 amide bonds. The van der Waals surface area contributed by atoms with Gasteiger partial charge in [-0.2, -0.15) is 5.26 Å². The molecule has 0 atom stereocenters. The highest BCUT2D eigenvalue weighted by molar-refractivity contribution is 6.08. The van der Waals surface area contributed by atoms with Gasteiger partial charge >= 0.3 is 0 Å². The van der Waals surface area contributed by atoms with Gasteiger partial charge in [0, 0.05) is 6.08 Å². The molecule has 0 aliphatic carbocycles. The lowest BCUT2D eigenvalue weighted by Gasteiger charge is -1.91. The Kier molecular flexibility index (Phi) is 1.36. The standard InChI is InChI=1S/C5H4N3O/c1-9-5-2-4(3-6)7-8-5/h2H,1H3. The fraction of sp³-hybridized carbons (Fsp3) is 0.200. The van der Waals surface area contributed by atoms with Gasteiger partial charge in [-0.15, -0.1) is 10.5 Å². The van der Waals surface area contributed by atoms with E-state index in [0.29, 0.717) is 5.88 Å². The molecule has 4 heteroatoms. The second-order valence-electron chi connectivity index (χ2n) is 1.38. The van der Waals surface area contributed by atoms with E-state index in [0.717, 1.165) is 0 Å². The van der Waals surface area contributed by atoms with Crippen LogP contribution in [-0.4, -0.2) is 12.8 Å². The highest BCUT2D eigenvalue weighted by Crippen LogP contribution is 2.00. The molecule has 0 saturated carbocycles. The lowest BCUT2D eigenvalue weighted by atomic mass is 10.4. The highest BCUT2D eigenvalue weighted by Gasteiger charge is 2.07. The Morgan fingerprint density at radius 2 is 2.56 bits per heavy atom. The topological polar surface area (TPSA) is 59.5 Å². The third-order valence-electron chi connectivity index (χ3n) is 0.840. The molecule has 1 aliphatic heterocycles. The van der Waals surface area contributed by atoms with Crippen molar-refractivity contribution in [2.24, 2.45) is 5.10 Å². The van der Waals surface area contributed by atoms with Crippen LogP contribution in [0.1, 0.15) is 0 Å². The molecule has 1 rings (SSSR count). The van der Waals surface area contributed by atoms with Crippen molar-refractivity contribution in [2.75, 3.05) is 7.11 Å². The molecule has 0 aromatic heterocycles. The highest BCUT2D eigenvalue weighted by atomic mass is 16.5. The smallest absolute Gasteiger partial charge is 0.236 e. The van der Waals surface area contributed by atoms with Crippen LogP contribution in [0.4, 0.5) is 0 Å². The van der Waals surface area contributed by atoms with Crippen molar-refractivity contribution in [1.29, 1.82) is 5.26 Å². The third-order valence-corrected chi connectivity index (χ3v) is 0.840. The fourth-order valence-corrected chi connectivity index (χ4v) is 0.432. The average Bonchev–Trinajstić information content (AvgIpc) is 2.34. The van der Waals surface area contributed by atoms with Crippen LogP contribution in [0.5, 0.6) is 0 Å². The summed E-state index contributed by atoms with van der Waals surface area (Å²) in [6.45, 7) is 0. The van der Waals surface area contributed by atoms with Gasteiger partial charge in [0.15, 0.2) is 5.71 Å². The summed E-state index contributed by atoms with van der Waals surface area (Å²) in [5.41, 5.74) is 3.79. The number of nitriles is 1. The Bertz CT molecular complexity index is 211. The SMILES string of the molecule is COC1=CC(C#N)=N[N]1. The first-order valence-electron chi connectivity index (χ1n) is 2.31. The molecule has 4 nitrogen and oxygen atoms in total. The minimum absolute atomic E-state index is 0.284. The van der Waals surface area contributed by atoms with Crippen LogP contribution in [-0.2, 0) is 4.74 Å². The normalized spacial score (nSPS) is 15.1. The Labute approximate surface area is 52.4 Å². The summed E-state index contributed by atoms with van der Waals surface area (Å²) in [7, 11) is 1.48. The first-order chi connectivity index (χ1) is 4.36. The van der Waals surface area contributed by atoms with E-state index in [1.54, 1.807) is 0 Å². The second-order valence-corrected chi connectivity index (χ2v) is 1.38. The van der Waals surface area contributed by atoms with Gasteiger partial charge in [0.25, 0.3) is 0 Å². The van der Waals surface area contributed by atoms with E-state index in [4.69, 9.17) is 5.26 Å². The minimum atomic E-state index is 0.284. The second kappa shape index (κ2) is 2.18. The van der Waals surface area contributed by atoms with Crippen LogP contribution in [0.3, 0.4) is 0 Å². The minimum Gasteiger partial charge on any atom is -0.480 e. The number of nitrogens with zero attached hydrogens (tertiary/aromatic N) is 3. The molecule has 1 aliphatic rings. The van der Waals surface area contributed by atoms with Crippen molar-refractivity contribution in [3.05, 3.63) is 12.0 Å². The van der Waals surface area contributed by atoms with Gasteiger partial charge in [-0.25, -0.2) is 0 Å². The molecule has 45 valence electrons. The number of hydrogen-bond donors (Lipinski definition) is 0. The number of allylic oxidation sites excluding steroid dienone is 1. The Hall–Kier alpha value is -1.50. The predicted molar refractivity (Wildman–Crippen MR) is 30.3 cm³/mol. The zero-order chi connectivity index (χ0) is 6.69. The monoisotopic (exact) mass is 122 g/mol. The maximum absolute atomic E-state index is 8.24. The van der Waals surface area contributed by atoms with E-state index in [9.17, 15) is 0 Å². The van der Waals surface area contributed by atoms with Gasteiger partial charge in [-0.05, 0) is 0 Å². The molecule has 0 saturated heterocycles. The summed E-state index contributed by atoms with van der Waals surface area (Å²) in [4.78, 5) is 0. The Morgan fingerprint density at radius 1 is 1.78 bits per heavy atom. The average molecular weight is 122 g/mol. The summed E-state index contributed by atoms with van der Waals surface area (Å²) in [6.07, 6.45) is 1.47. The Balaban J connectivity index is 2.66. The van der Waals surface area contributed by atoms with Gasteiger partial charge in [-0.3, -0.25) is 0 Å². The summed E-state index contributed by atoms with van der Waals surface area (Å²) < 4.78 is 4.67. The zero-order valence-electron chi connectivity index (χ0n) is 4.83. The summed E-state index contributed by atoms with van der Waals surface area (Å²) in [6, 6.07) is 1.83. The maximum Gasteiger partial charge on any atom is 0.236 e. The lowest BCUT2D eigenvalue weighted by molar-refractivity contribution is 0.264. The van der Waals surface area contributed by atoms with Crippen LogP contribution in [0.25, 0.3) is 0 Å². The Morgan fingerprint density at radius 3 is 2.89 bits per heavy atom. The molecular formula is C5H4N3O. The lowest BCUT2D eigenvalue weighted by Crippen LogP contribution is -1.92. The number of ether oxygens (including phenoxy) is 1. The summed E-state index contributed by atoms with van der Waals surface area (Å²) >= 11 is 0. The molecule has 0 bridgehead atoms. The number of rotatable bonds is 1. The summed E-state index contributed by atoms with van der Waals surface area (Å²) in [5.74, 6) is 0.381. The molecule has 9 heavy (non-hydrogen) atoms. The predicted octanol–water partition coefficient (Wildman–Crippen LogP) is -0.0282. The van der Waals surface area contributed by atoms with Gasteiger partial charge < -0.3 is 4.74 Å². The van der Waals surface area contributed by atoms with Crippen LogP contribution >= 0.6 is 0 Å². The molecule has 1 heterocycles. The van der Waals surface area contributed by atoms with Crippen LogP contribution in [0.2, 0.25) is 0 Å². The zero-order valence-corrected chi connectivity index (χ0v) is 4.83. The molecular weight excluding hydrogens is 118 g/mol. The van der Waals surface area contributed by atoms with Gasteiger partial charge in [0.05, 0.1) is 7.11 Å². The van der Waals surface area contributed by atoms with E-state index in [1.165, 1.54) is 13.2 Å². The fourth-order valence-electron chi connectivity index (χ4n) is 0.432. The van der Waals surface area contributed by atoms with Crippen LogP contribution < -0.4 is 5.43 Å². The van der Waals surface area contributed by atoms with E-state index < -0.39 is 0 Å². The summed E-state index contributed by atoms with van der Waals surface area (Å²) in [5, 5.41) is 11.7. The van der Waals surface area contributed by atoms with Gasteiger partial charge in [0.2, 0.25) is 5.88 Å². The molecule has 0 aromatic rings. The molecule has 0 spiro atoms. The van der Waals surface area contributed by atoms with E-state index in [-0.39, 0.29) is 5.71 Å². The van der Waals surface area contributed by atoms with Crippen molar-refractivity contribution in [3.63, 3.8) is 0 Å². The first-order valence-corrected chi connectivity index (χ1v) is 2.31. The van der Waals surface area contributed by atoms with Crippen molar-refractivity contribution < 1.29 is 4.74 Å². The van der Waals surface area contributed by atoms with Crippen molar-refractivity contribution in [2.45, 2.75) is 0 Å². The first kappa shape index (κ1) is 5.63. The molecule has 1 radical (unpaired) electrons. The van der Waals surface area contributed by atoms with E-state index in [1.807, 2.05) is 6.07 Å². The number of methoxy groups -OCH3 is 1. The van der Waals surface area contributed by atoms with Crippen LogP contribution in [0.15, 0.2) is 17.1 Å². The van der Waals surface area contributed by atoms with E-state index in [2.05, 4.69) is 15.3 Å². The third kappa shape index (κ3) is 0.995. The quantitative estimate of drug-likeness (QED) is 0.490. The van der Waals surface area contributed by atoms with Crippen molar-refractivity contribution in [1.82, 2.24) is 5.43 Å². The molecule has 0 unspecified atom stereocenters. The van der Waals surface area contributed by atoms with Gasteiger partial charge in [0.1, 0.15) is 6.07 Å². The number of hydrogen-bond acceptors (Lipinski definition) is 3. The molecule has 0 fully saturated rings. The van der Waals surface area contributed by atoms with Crippen molar-refractivity contribution in [3.8, 4) is 6.07 Å². The maximum atomic E-state index is 8.24. The van der Waals surface area contributed by atoms with Gasteiger partial charge in [-0.1, -0.05) is 0 Å². The molecule has 0 aromatic carbocycles.